The molecule has 96 valence electrons. The Morgan fingerprint density at radius 3 is 2.61 bits per heavy atom. The lowest BCUT2D eigenvalue weighted by Gasteiger charge is -2.07. The van der Waals surface area contributed by atoms with Gasteiger partial charge in [0.05, 0.1) is 4.90 Å². The van der Waals surface area contributed by atoms with Crippen LogP contribution in [0.25, 0.3) is 0 Å². The lowest BCUT2D eigenvalue weighted by atomic mass is 10.2. The van der Waals surface area contributed by atoms with Gasteiger partial charge < -0.3 is 0 Å². The molecule has 0 saturated heterocycles. The number of benzene rings is 1. The Morgan fingerprint density at radius 1 is 1.33 bits per heavy atom. The van der Waals surface area contributed by atoms with Gasteiger partial charge in [-0.25, -0.2) is 8.42 Å². The van der Waals surface area contributed by atoms with Crippen LogP contribution in [0.2, 0.25) is 0 Å². The third kappa shape index (κ3) is 2.73. The molecular weight excluding hydrogens is 318 g/mol. The lowest BCUT2D eigenvalue weighted by molar-refractivity contribution is 0.600. The first-order valence-corrected chi connectivity index (χ1v) is 7.45. The highest BCUT2D eigenvalue weighted by molar-refractivity contribution is 9.10. The Morgan fingerprint density at radius 2 is 2.06 bits per heavy atom. The number of sulfonamides is 1. The predicted molar refractivity (Wildman–Crippen MR) is 72.9 cm³/mol. The van der Waals surface area contributed by atoms with Crippen molar-refractivity contribution in [2.24, 2.45) is 7.05 Å². The van der Waals surface area contributed by atoms with E-state index in [1.165, 1.54) is 4.68 Å². The number of aryl methyl sites for hydroxylation is 2. The van der Waals surface area contributed by atoms with Crippen LogP contribution >= 0.6 is 15.9 Å². The van der Waals surface area contributed by atoms with Crippen molar-refractivity contribution in [3.8, 4) is 0 Å². The van der Waals surface area contributed by atoms with Gasteiger partial charge in [-0.3, -0.25) is 9.40 Å². The van der Waals surface area contributed by atoms with Gasteiger partial charge in [-0.1, -0.05) is 15.9 Å². The molecule has 0 fully saturated rings. The van der Waals surface area contributed by atoms with Gasteiger partial charge in [-0.2, -0.15) is 5.10 Å². The Labute approximate surface area is 114 Å². The molecular formula is C11H12BrN3O2S. The fourth-order valence-corrected chi connectivity index (χ4v) is 2.78. The molecule has 0 saturated carbocycles. The van der Waals surface area contributed by atoms with E-state index in [-0.39, 0.29) is 4.90 Å². The van der Waals surface area contributed by atoms with Crippen molar-refractivity contribution >= 4 is 31.8 Å². The van der Waals surface area contributed by atoms with E-state index < -0.39 is 10.0 Å². The minimum absolute atomic E-state index is 0.217. The van der Waals surface area contributed by atoms with Crippen molar-refractivity contribution < 1.29 is 8.42 Å². The Hall–Kier alpha value is -1.34. The summed E-state index contributed by atoms with van der Waals surface area (Å²) < 4.78 is 29.0. The number of anilines is 1. The molecule has 0 aliphatic rings. The fourth-order valence-electron chi connectivity index (χ4n) is 1.45. The van der Waals surface area contributed by atoms with E-state index in [0.717, 1.165) is 10.0 Å². The first kappa shape index (κ1) is 13.1. The van der Waals surface area contributed by atoms with Gasteiger partial charge in [0.2, 0.25) is 0 Å². The highest BCUT2D eigenvalue weighted by Crippen LogP contribution is 2.21. The van der Waals surface area contributed by atoms with Crippen molar-refractivity contribution in [3.63, 3.8) is 0 Å². The summed E-state index contributed by atoms with van der Waals surface area (Å²) >= 11 is 3.34. The molecule has 2 aromatic rings. The van der Waals surface area contributed by atoms with E-state index in [1.54, 1.807) is 37.5 Å². The molecule has 1 aromatic heterocycles. The van der Waals surface area contributed by atoms with E-state index in [9.17, 15) is 8.42 Å². The van der Waals surface area contributed by atoms with Crippen LogP contribution in [0.15, 0.2) is 39.8 Å². The molecule has 0 spiro atoms. The molecule has 0 radical (unpaired) electrons. The topological polar surface area (TPSA) is 64.0 Å². The van der Waals surface area contributed by atoms with Crippen molar-refractivity contribution in [3.05, 3.63) is 40.5 Å². The van der Waals surface area contributed by atoms with Crippen molar-refractivity contribution in [2.75, 3.05) is 4.72 Å². The summed E-state index contributed by atoms with van der Waals surface area (Å²) in [5, 5.41) is 3.98. The van der Waals surface area contributed by atoms with Crippen LogP contribution in [0.4, 0.5) is 5.82 Å². The maximum absolute atomic E-state index is 12.1. The summed E-state index contributed by atoms with van der Waals surface area (Å²) in [6.45, 7) is 1.84. The summed E-state index contributed by atoms with van der Waals surface area (Å²) in [7, 11) is -1.86. The number of hydrogen-bond acceptors (Lipinski definition) is 3. The van der Waals surface area contributed by atoms with Gasteiger partial charge in [-0.05, 0) is 30.7 Å². The predicted octanol–water partition coefficient (Wildman–Crippen LogP) is 2.29. The Balaban J connectivity index is 2.33. The summed E-state index contributed by atoms with van der Waals surface area (Å²) in [6, 6.07) is 6.46. The summed E-state index contributed by atoms with van der Waals surface area (Å²) in [5.41, 5.74) is 0.860. The first-order valence-electron chi connectivity index (χ1n) is 5.17. The highest BCUT2D eigenvalue weighted by atomic mass is 79.9. The van der Waals surface area contributed by atoms with Gasteiger partial charge in [0.25, 0.3) is 10.0 Å². The molecule has 1 heterocycles. The highest BCUT2D eigenvalue weighted by Gasteiger charge is 2.16. The molecule has 2 rings (SSSR count). The lowest BCUT2D eigenvalue weighted by Crippen LogP contribution is -2.13. The van der Waals surface area contributed by atoms with Crippen LogP contribution in [0, 0.1) is 6.92 Å². The quantitative estimate of drug-likeness (QED) is 0.939. The molecule has 0 atom stereocenters. The second-order valence-electron chi connectivity index (χ2n) is 3.89. The number of hydrogen-bond donors (Lipinski definition) is 1. The van der Waals surface area contributed by atoms with Crippen molar-refractivity contribution in [1.29, 1.82) is 0 Å². The van der Waals surface area contributed by atoms with E-state index >= 15 is 0 Å². The van der Waals surface area contributed by atoms with Gasteiger partial charge >= 0.3 is 0 Å². The zero-order valence-corrected chi connectivity index (χ0v) is 12.3. The van der Waals surface area contributed by atoms with Crippen LogP contribution in [0.5, 0.6) is 0 Å². The summed E-state index contributed by atoms with van der Waals surface area (Å²) in [4.78, 5) is 0.217. The van der Waals surface area contributed by atoms with Crippen molar-refractivity contribution in [1.82, 2.24) is 9.78 Å². The molecule has 5 nitrogen and oxygen atoms in total. The van der Waals surface area contributed by atoms with Gasteiger partial charge in [0, 0.05) is 23.8 Å². The minimum Gasteiger partial charge on any atom is -0.274 e. The smallest absolute Gasteiger partial charge is 0.263 e. The Bertz CT molecular complexity index is 679. The Kier molecular flexibility index (Phi) is 3.45. The fraction of sp³-hybridized carbons (Fsp3) is 0.182. The summed E-state index contributed by atoms with van der Waals surface area (Å²) in [6.07, 6.45) is 1.67. The monoisotopic (exact) mass is 329 g/mol. The third-order valence-corrected chi connectivity index (χ3v) is 4.63. The summed E-state index contributed by atoms with van der Waals surface area (Å²) in [5.74, 6) is 0.304. The van der Waals surface area contributed by atoms with E-state index in [4.69, 9.17) is 0 Å². The molecule has 0 amide bonds. The molecule has 1 aromatic carbocycles. The first-order chi connectivity index (χ1) is 8.38. The van der Waals surface area contributed by atoms with Gasteiger partial charge in [0.15, 0.2) is 5.82 Å². The zero-order chi connectivity index (χ0) is 13.3. The maximum Gasteiger partial charge on any atom is 0.263 e. The molecule has 0 unspecified atom stereocenters. The average molecular weight is 330 g/mol. The number of nitrogens with one attached hydrogen (secondary N) is 1. The SMILES string of the molecule is Cc1cc(S(=O)(=O)Nc2ccn(C)n2)ccc1Br. The largest absolute Gasteiger partial charge is 0.274 e. The van der Waals surface area contributed by atoms with Gasteiger partial charge in [0.1, 0.15) is 0 Å². The molecule has 0 aliphatic heterocycles. The number of halogens is 1. The van der Waals surface area contributed by atoms with Crippen LogP contribution in [0.1, 0.15) is 5.56 Å². The molecule has 7 heteroatoms. The van der Waals surface area contributed by atoms with Crippen LogP contribution in [0.3, 0.4) is 0 Å². The van der Waals surface area contributed by atoms with Gasteiger partial charge in [-0.15, -0.1) is 0 Å². The molecule has 18 heavy (non-hydrogen) atoms. The number of nitrogens with zero attached hydrogens (tertiary/aromatic N) is 2. The van der Waals surface area contributed by atoms with Crippen LogP contribution < -0.4 is 4.72 Å². The molecule has 0 bridgehead atoms. The average Bonchev–Trinajstić information content (AvgIpc) is 2.67. The van der Waals surface area contributed by atoms with E-state index in [0.29, 0.717) is 5.82 Å². The number of rotatable bonds is 3. The standard InChI is InChI=1S/C11H12BrN3O2S/c1-8-7-9(3-4-10(8)12)18(16,17)14-11-5-6-15(2)13-11/h3-7H,1-2H3,(H,13,14). The normalized spacial score (nSPS) is 11.5. The van der Waals surface area contributed by atoms with Crippen LogP contribution in [-0.2, 0) is 17.1 Å². The molecule has 1 N–H and O–H groups in total. The maximum atomic E-state index is 12.1. The van der Waals surface area contributed by atoms with Crippen molar-refractivity contribution in [2.45, 2.75) is 11.8 Å². The third-order valence-electron chi connectivity index (χ3n) is 2.39. The van der Waals surface area contributed by atoms with E-state index in [2.05, 4.69) is 25.8 Å². The molecule has 0 aliphatic carbocycles. The number of aromatic nitrogens is 2. The minimum atomic E-state index is -3.59. The zero-order valence-electron chi connectivity index (χ0n) is 9.88. The second kappa shape index (κ2) is 4.74. The van der Waals surface area contributed by atoms with E-state index in [1.807, 2.05) is 6.92 Å². The van der Waals surface area contributed by atoms with Crippen LogP contribution in [-0.4, -0.2) is 18.2 Å². The second-order valence-corrected chi connectivity index (χ2v) is 6.43.